The van der Waals surface area contributed by atoms with Gasteiger partial charge in [-0.1, -0.05) is 6.92 Å². The number of carbonyl (C=O) groups is 1. The second-order valence-corrected chi connectivity index (χ2v) is 7.05. The highest BCUT2D eigenvalue weighted by Crippen LogP contribution is 2.23. The van der Waals surface area contributed by atoms with E-state index in [1.807, 2.05) is 19.2 Å². The number of anilines is 1. The summed E-state index contributed by atoms with van der Waals surface area (Å²) < 4.78 is 5.28. The van der Waals surface area contributed by atoms with E-state index in [-0.39, 0.29) is 17.3 Å². The zero-order chi connectivity index (χ0) is 23.1. The lowest BCUT2D eigenvalue weighted by atomic mass is 10.0. The summed E-state index contributed by atoms with van der Waals surface area (Å²) in [6, 6.07) is 3.61. The summed E-state index contributed by atoms with van der Waals surface area (Å²) in [6.45, 7) is 9.22. The molecule has 0 saturated carbocycles. The number of aromatic nitrogens is 4. The number of nitrogens with zero attached hydrogens (tertiary/aromatic N) is 2. The van der Waals surface area contributed by atoms with E-state index < -0.39 is 5.56 Å². The molecule has 8 nitrogen and oxygen atoms in total. The molecule has 4 N–H and O–H groups in total. The van der Waals surface area contributed by atoms with Crippen molar-refractivity contribution >= 4 is 23.4 Å². The lowest BCUT2D eigenvalue weighted by Gasteiger charge is -2.10. The Morgan fingerprint density at radius 2 is 2.00 bits per heavy atom. The minimum atomic E-state index is -0.419. The molecule has 0 unspecified atom stereocenters. The number of hydrogen-bond donors (Lipinski definition) is 3. The first kappa shape index (κ1) is 23.6. The quantitative estimate of drug-likeness (QED) is 0.540. The number of allylic oxidation sites excluding steroid dienone is 1. The molecule has 0 aliphatic carbocycles. The fourth-order valence-electron chi connectivity index (χ4n) is 3.29. The molecule has 8 heteroatoms. The largest absolute Gasteiger partial charge is 0.496 e. The Morgan fingerprint density at radius 1 is 1.29 bits per heavy atom. The fourth-order valence-corrected chi connectivity index (χ4v) is 3.29. The third-order valence-electron chi connectivity index (χ3n) is 4.77. The van der Waals surface area contributed by atoms with Crippen molar-refractivity contribution < 1.29 is 9.53 Å². The molecule has 0 radical (unpaired) electrons. The average Bonchev–Trinajstić information content (AvgIpc) is 3.21. The average molecular weight is 424 g/mol. The van der Waals surface area contributed by atoms with Gasteiger partial charge in [-0.25, -0.2) is 4.98 Å². The van der Waals surface area contributed by atoms with Crippen LogP contribution < -0.4 is 16.0 Å². The lowest BCUT2D eigenvalue weighted by Crippen LogP contribution is -2.19. The van der Waals surface area contributed by atoms with Crippen molar-refractivity contribution in [1.29, 1.82) is 0 Å². The van der Waals surface area contributed by atoms with Crippen LogP contribution in [0.3, 0.4) is 0 Å². The number of ether oxygens (including phenoxy) is 1. The number of carbonyl (C=O) groups excluding carboxylic acids is 1. The molecule has 0 amide bonds. The van der Waals surface area contributed by atoms with Crippen LogP contribution in [0.15, 0.2) is 29.3 Å². The molecule has 0 bridgehead atoms. The SMILES string of the molecule is CC(=O)/C(=C\c1ccc[nH]1)c1c(C)nc(N)[nH]c1=O.CCc1ncc(C)c(OC)c1C. The Kier molecular flexibility index (Phi) is 7.90. The van der Waals surface area contributed by atoms with Gasteiger partial charge in [-0.2, -0.15) is 0 Å². The Hall–Kier alpha value is -3.68. The van der Waals surface area contributed by atoms with Gasteiger partial charge in [0.1, 0.15) is 5.75 Å². The van der Waals surface area contributed by atoms with Crippen molar-refractivity contribution in [3.05, 3.63) is 68.7 Å². The van der Waals surface area contributed by atoms with E-state index >= 15 is 0 Å². The third-order valence-corrected chi connectivity index (χ3v) is 4.77. The zero-order valence-electron chi connectivity index (χ0n) is 18.8. The van der Waals surface area contributed by atoms with E-state index in [1.165, 1.54) is 12.5 Å². The number of nitrogen functional groups attached to an aromatic ring is 1. The number of nitrogens with two attached hydrogens (primary N) is 1. The minimum absolute atomic E-state index is 0.0361. The van der Waals surface area contributed by atoms with Gasteiger partial charge in [0.15, 0.2) is 5.78 Å². The van der Waals surface area contributed by atoms with E-state index in [1.54, 1.807) is 32.4 Å². The summed E-state index contributed by atoms with van der Waals surface area (Å²) in [5.74, 6) is 0.797. The normalized spacial score (nSPS) is 11.0. The topological polar surface area (TPSA) is 127 Å². The Morgan fingerprint density at radius 3 is 2.52 bits per heavy atom. The maximum atomic E-state index is 12.0. The number of methoxy groups -OCH3 is 1. The van der Waals surface area contributed by atoms with Crippen LogP contribution in [0.1, 0.15) is 47.6 Å². The van der Waals surface area contributed by atoms with Gasteiger partial charge in [-0.3, -0.25) is 19.6 Å². The van der Waals surface area contributed by atoms with Crippen LogP contribution >= 0.6 is 0 Å². The minimum Gasteiger partial charge on any atom is -0.496 e. The van der Waals surface area contributed by atoms with Crippen LogP contribution in [-0.2, 0) is 11.2 Å². The van der Waals surface area contributed by atoms with Gasteiger partial charge in [0.2, 0.25) is 5.95 Å². The third kappa shape index (κ3) is 5.69. The monoisotopic (exact) mass is 423 g/mol. The van der Waals surface area contributed by atoms with Crippen molar-refractivity contribution in [2.45, 2.75) is 41.0 Å². The molecule has 0 aliphatic rings. The molecular weight excluding hydrogens is 394 g/mol. The van der Waals surface area contributed by atoms with Gasteiger partial charge in [0.05, 0.1) is 18.4 Å². The molecular formula is C23H29N5O3. The summed E-state index contributed by atoms with van der Waals surface area (Å²) in [4.78, 5) is 37.4. The Bertz CT molecular complexity index is 1140. The van der Waals surface area contributed by atoms with Crippen molar-refractivity contribution in [2.24, 2.45) is 0 Å². The van der Waals surface area contributed by atoms with Crippen molar-refractivity contribution in [2.75, 3.05) is 12.8 Å². The van der Waals surface area contributed by atoms with Gasteiger partial charge >= 0.3 is 0 Å². The van der Waals surface area contributed by atoms with Gasteiger partial charge in [-0.05, 0) is 52.3 Å². The van der Waals surface area contributed by atoms with Crippen LogP contribution in [0.4, 0.5) is 5.95 Å². The Balaban J connectivity index is 0.000000245. The summed E-state index contributed by atoms with van der Waals surface area (Å²) in [5, 5.41) is 0. The van der Waals surface area contributed by atoms with Gasteiger partial charge < -0.3 is 15.5 Å². The smallest absolute Gasteiger partial charge is 0.260 e. The number of aromatic amines is 2. The van der Waals surface area contributed by atoms with E-state index in [9.17, 15) is 9.59 Å². The lowest BCUT2D eigenvalue weighted by molar-refractivity contribution is -0.111. The molecule has 0 aromatic carbocycles. The van der Waals surface area contributed by atoms with E-state index in [4.69, 9.17) is 10.5 Å². The number of hydrogen-bond acceptors (Lipinski definition) is 6. The molecule has 31 heavy (non-hydrogen) atoms. The number of pyridine rings is 1. The maximum Gasteiger partial charge on any atom is 0.260 e. The highest BCUT2D eigenvalue weighted by molar-refractivity contribution is 6.24. The van der Waals surface area contributed by atoms with Gasteiger partial charge in [0, 0.05) is 40.5 Å². The molecule has 0 saturated heterocycles. The molecule has 3 heterocycles. The predicted octanol–water partition coefficient (Wildman–Crippen LogP) is 3.39. The van der Waals surface area contributed by atoms with Crippen molar-refractivity contribution in [3.63, 3.8) is 0 Å². The molecule has 3 aromatic rings. The fraction of sp³-hybridized carbons (Fsp3) is 0.304. The first-order valence-corrected chi connectivity index (χ1v) is 9.91. The second-order valence-electron chi connectivity index (χ2n) is 7.05. The highest BCUT2D eigenvalue weighted by Gasteiger charge is 2.16. The van der Waals surface area contributed by atoms with Crippen molar-refractivity contribution in [3.8, 4) is 5.75 Å². The van der Waals surface area contributed by atoms with Crippen LogP contribution in [0.25, 0.3) is 11.6 Å². The number of aryl methyl sites for hydroxylation is 3. The molecule has 0 aliphatic heterocycles. The first-order valence-electron chi connectivity index (χ1n) is 9.91. The molecule has 3 aromatic heterocycles. The summed E-state index contributed by atoms with van der Waals surface area (Å²) in [7, 11) is 1.70. The molecule has 0 fully saturated rings. The van der Waals surface area contributed by atoms with Gasteiger partial charge in [0.25, 0.3) is 5.56 Å². The van der Waals surface area contributed by atoms with E-state index in [0.717, 1.165) is 29.1 Å². The molecule has 3 rings (SSSR count). The van der Waals surface area contributed by atoms with Crippen LogP contribution in [0.5, 0.6) is 5.75 Å². The van der Waals surface area contributed by atoms with Crippen LogP contribution in [0.2, 0.25) is 0 Å². The van der Waals surface area contributed by atoms with Crippen LogP contribution in [-0.4, -0.2) is 32.8 Å². The van der Waals surface area contributed by atoms with Crippen LogP contribution in [0, 0.1) is 20.8 Å². The van der Waals surface area contributed by atoms with Crippen molar-refractivity contribution in [1.82, 2.24) is 19.9 Å². The predicted molar refractivity (Wildman–Crippen MR) is 123 cm³/mol. The highest BCUT2D eigenvalue weighted by atomic mass is 16.5. The number of nitrogens with one attached hydrogen (secondary N) is 2. The Labute approximate surface area is 181 Å². The summed E-state index contributed by atoms with van der Waals surface area (Å²) >= 11 is 0. The zero-order valence-corrected chi connectivity index (χ0v) is 18.8. The summed E-state index contributed by atoms with van der Waals surface area (Å²) in [5.41, 5.74) is 10.1. The van der Waals surface area contributed by atoms with E-state index in [2.05, 4.69) is 33.8 Å². The first-order chi connectivity index (χ1) is 14.7. The number of ketones is 1. The number of H-pyrrole nitrogens is 2. The molecule has 164 valence electrons. The van der Waals surface area contributed by atoms with Gasteiger partial charge in [-0.15, -0.1) is 0 Å². The number of rotatable bonds is 5. The molecule has 0 spiro atoms. The van der Waals surface area contributed by atoms with E-state index in [0.29, 0.717) is 11.3 Å². The second kappa shape index (κ2) is 10.4. The maximum absolute atomic E-state index is 12.0. The number of Topliss-reactive ketones (excluding diaryl/α,β-unsaturated/α-hetero) is 1. The molecule has 0 atom stereocenters. The standard InChI is InChI=1S/C13H14N4O2.C10H15NO/c1-7-11(12(19)17-13(14)16-7)10(8(2)18)6-9-4-3-5-15-9;1-5-9-8(3)10(12-4)7(2)6-11-9/h3-6,15H,1-2H3,(H3,14,16,17,19);6H,5H2,1-4H3/b10-6+;. The summed E-state index contributed by atoms with van der Waals surface area (Å²) in [6.07, 6.45) is 6.19.